The summed E-state index contributed by atoms with van der Waals surface area (Å²) >= 11 is 0. The Morgan fingerprint density at radius 3 is 2.94 bits per heavy atom. The van der Waals surface area contributed by atoms with Crippen LogP contribution in [-0.4, -0.2) is 49.1 Å². The Morgan fingerprint density at radius 2 is 2.31 bits per heavy atom. The molecule has 0 radical (unpaired) electrons. The summed E-state index contributed by atoms with van der Waals surface area (Å²) in [6, 6.07) is -0.403. The average Bonchev–Trinajstić information content (AvgIpc) is 2.24. The third-order valence-corrected chi connectivity index (χ3v) is 2.55. The molecule has 0 spiro atoms. The number of ether oxygens (including phenoxy) is 1. The molecule has 92 valence electrons. The minimum atomic E-state index is -0.403. The Kier molecular flexibility index (Phi) is 5.25. The highest BCUT2D eigenvalue weighted by atomic mass is 16.5. The molecule has 1 heterocycles. The van der Waals surface area contributed by atoms with Crippen molar-refractivity contribution in [1.29, 1.82) is 0 Å². The SMILES string of the molecule is CCCN1CCNC(CC(=O)OCC)C1=O. The van der Waals surface area contributed by atoms with Gasteiger partial charge in [0.1, 0.15) is 0 Å². The van der Waals surface area contributed by atoms with Crippen molar-refractivity contribution in [3.05, 3.63) is 0 Å². The van der Waals surface area contributed by atoms with Crippen molar-refractivity contribution in [2.24, 2.45) is 0 Å². The Labute approximate surface area is 96.1 Å². The Hall–Kier alpha value is -1.10. The van der Waals surface area contributed by atoms with E-state index in [9.17, 15) is 9.59 Å². The second-order valence-corrected chi connectivity index (χ2v) is 3.84. The smallest absolute Gasteiger partial charge is 0.307 e. The van der Waals surface area contributed by atoms with Crippen molar-refractivity contribution in [3.8, 4) is 0 Å². The molecule has 0 aromatic rings. The first-order valence-electron chi connectivity index (χ1n) is 5.86. The molecule has 0 aromatic carbocycles. The third kappa shape index (κ3) is 3.48. The van der Waals surface area contributed by atoms with Crippen LogP contribution >= 0.6 is 0 Å². The summed E-state index contributed by atoms with van der Waals surface area (Å²) in [6.07, 6.45) is 1.07. The summed E-state index contributed by atoms with van der Waals surface area (Å²) in [4.78, 5) is 25.0. The highest BCUT2D eigenvalue weighted by Crippen LogP contribution is 2.06. The van der Waals surface area contributed by atoms with Crippen LogP contribution in [0.5, 0.6) is 0 Å². The van der Waals surface area contributed by atoms with E-state index < -0.39 is 6.04 Å². The summed E-state index contributed by atoms with van der Waals surface area (Å²) in [5.74, 6) is -0.298. The van der Waals surface area contributed by atoms with Crippen LogP contribution in [-0.2, 0) is 14.3 Å². The first kappa shape index (κ1) is 13.0. The van der Waals surface area contributed by atoms with Crippen LogP contribution in [0.25, 0.3) is 0 Å². The van der Waals surface area contributed by atoms with Gasteiger partial charge in [0.15, 0.2) is 0 Å². The van der Waals surface area contributed by atoms with Gasteiger partial charge in [0, 0.05) is 19.6 Å². The number of hydrogen-bond acceptors (Lipinski definition) is 4. The van der Waals surface area contributed by atoms with Crippen molar-refractivity contribution >= 4 is 11.9 Å². The van der Waals surface area contributed by atoms with Crippen molar-refractivity contribution in [2.45, 2.75) is 32.7 Å². The lowest BCUT2D eigenvalue weighted by atomic mass is 10.1. The highest BCUT2D eigenvalue weighted by Gasteiger charge is 2.29. The molecule has 1 rings (SSSR count). The van der Waals surface area contributed by atoms with Crippen LogP contribution in [0.1, 0.15) is 26.7 Å². The fourth-order valence-corrected chi connectivity index (χ4v) is 1.83. The molecular formula is C11H20N2O3. The van der Waals surface area contributed by atoms with E-state index in [1.807, 2.05) is 6.92 Å². The molecule has 5 nitrogen and oxygen atoms in total. The lowest BCUT2D eigenvalue weighted by Crippen LogP contribution is -2.55. The van der Waals surface area contributed by atoms with E-state index in [1.54, 1.807) is 11.8 Å². The average molecular weight is 228 g/mol. The van der Waals surface area contributed by atoms with Crippen LogP contribution < -0.4 is 5.32 Å². The zero-order valence-corrected chi connectivity index (χ0v) is 9.99. The van der Waals surface area contributed by atoms with Gasteiger partial charge < -0.3 is 15.0 Å². The van der Waals surface area contributed by atoms with Gasteiger partial charge in [-0.05, 0) is 13.3 Å². The second kappa shape index (κ2) is 6.48. The van der Waals surface area contributed by atoms with Crippen molar-refractivity contribution in [3.63, 3.8) is 0 Å². The molecule has 1 saturated heterocycles. The molecule has 1 amide bonds. The van der Waals surface area contributed by atoms with Crippen LogP contribution in [0.3, 0.4) is 0 Å². The molecule has 1 atom stereocenters. The zero-order valence-electron chi connectivity index (χ0n) is 9.99. The van der Waals surface area contributed by atoms with Gasteiger partial charge in [-0.15, -0.1) is 0 Å². The predicted octanol–water partition coefficient (Wildman–Crippen LogP) is 0.150. The summed E-state index contributed by atoms with van der Waals surface area (Å²) in [5.41, 5.74) is 0. The lowest BCUT2D eigenvalue weighted by molar-refractivity contribution is -0.148. The number of carbonyl (C=O) groups excluding carboxylic acids is 2. The first-order valence-corrected chi connectivity index (χ1v) is 5.86. The van der Waals surface area contributed by atoms with E-state index in [1.165, 1.54) is 0 Å². The van der Waals surface area contributed by atoms with E-state index in [0.717, 1.165) is 26.1 Å². The van der Waals surface area contributed by atoms with Gasteiger partial charge in [0.25, 0.3) is 0 Å². The summed E-state index contributed by atoms with van der Waals surface area (Å²) in [6.45, 7) is 6.40. The molecule has 16 heavy (non-hydrogen) atoms. The predicted molar refractivity (Wildman–Crippen MR) is 59.9 cm³/mol. The number of amides is 1. The highest BCUT2D eigenvalue weighted by molar-refractivity contribution is 5.87. The molecule has 1 aliphatic rings. The largest absolute Gasteiger partial charge is 0.466 e. The van der Waals surface area contributed by atoms with Crippen LogP contribution in [0.15, 0.2) is 0 Å². The summed E-state index contributed by atoms with van der Waals surface area (Å²) in [5, 5.41) is 3.05. The molecular weight excluding hydrogens is 208 g/mol. The molecule has 1 fully saturated rings. The topological polar surface area (TPSA) is 58.6 Å². The quantitative estimate of drug-likeness (QED) is 0.680. The standard InChI is InChI=1S/C11H20N2O3/c1-3-6-13-7-5-12-9(11(13)15)8-10(14)16-4-2/h9,12H,3-8H2,1-2H3. The number of nitrogens with zero attached hydrogens (tertiary/aromatic N) is 1. The minimum Gasteiger partial charge on any atom is -0.466 e. The number of hydrogen-bond donors (Lipinski definition) is 1. The molecule has 1 unspecified atom stereocenters. The number of rotatable bonds is 5. The van der Waals surface area contributed by atoms with Gasteiger partial charge in [-0.25, -0.2) is 0 Å². The third-order valence-electron chi connectivity index (χ3n) is 2.55. The Bertz CT molecular complexity index is 254. The maximum atomic E-state index is 11.9. The Morgan fingerprint density at radius 1 is 1.56 bits per heavy atom. The van der Waals surface area contributed by atoms with Crippen molar-refractivity contribution in [2.75, 3.05) is 26.2 Å². The molecule has 1 aliphatic heterocycles. The van der Waals surface area contributed by atoms with Crippen molar-refractivity contribution in [1.82, 2.24) is 10.2 Å². The lowest BCUT2D eigenvalue weighted by Gasteiger charge is -2.32. The van der Waals surface area contributed by atoms with E-state index in [-0.39, 0.29) is 18.3 Å². The molecule has 0 bridgehead atoms. The molecule has 0 aromatic heterocycles. The molecule has 0 aliphatic carbocycles. The van der Waals surface area contributed by atoms with Gasteiger partial charge in [-0.2, -0.15) is 0 Å². The Balaban J connectivity index is 2.46. The molecule has 0 saturated carbocycles. The second-order valence-electron chi connectivity index (χ2n) is 3.84. The number of esters is 1. The van der Waals surface area contributed by atoms with Crippen molar-refractivity contribution < 1.29 is 14.3 Å². The maximum Gasteiger partial charge on any atom is 0.307 e. The van der Waals surface area contributed by atoms with Crippen LogP contribution in [0, 0.1) is 0 Å². The van der Waals surface area contributed by atoms with Crippen LogP contribution in [0.2, 0.25) is 0 Å². The fraction of sp³-hybridized carbons (Fsp3) is 0.818. The summed E-state index contributed by atoms with van der Waals surface area (Å²) < 4.78 is 4.84. The normalized spacial score (nSPS) is 21.0. The van der Waals surface area contributed by atoms with Gasteiger partial charge >= 0.3 is 5.97 Å². The van der Waals surface area contributed by atoms with E-state index in [2.05, 4.69) is 5.32 Å². The van der Waals surface area contributed by atoms with Gasteiger partial charge in [0.2, 0.25) is 5.91 Å². The molecule has 5 heteroatoms. The molecule has 1 N–H and O–H groups in total. The zero-order chi connectivity index (χ0) is 12.0. The van der Waals surface area contributed by atoms with Gasteiger partial charge in [0.05, 0.1) is 19.1 Å². The first-order chi connectivity index (χ1) is 7.69. The van der Waals surface area contributed by atoms with E-state index in [0.29, 0.717) is 6.61 Å². The number of nitrogens with one attached hydrogen (secondary N) is 1. The minimum absolute atomic E-state index is 0.0150. The van der Waals surface area contributed by atoms with Crippen LogP contribution in [0.4, 0.5) is 0 Å². The number of carbonyl (C=O) groups is 2. The van der Waals surface area contributed by atoms with E-state index in [4.69, 9.17) is 4.74 Å². The van der Waals surface area contributed by atoms with Gasteiger partial charge in [-0.1, -0.05) is 6.92 Å². The monoisotopic (exact) mass is 228 g/mol. The fourth-order valence-electron chi connectivity index (χ4n) is 1.83. The maximum absolute atomic E-state index is 11.9. The number of piperazine rings is 1. The van der Waals surface area contributed by atoms with E-state index >= 15 is 0 Å². The van der Waals surface area contributed by atoms with Gasteiger partial charge in [-0.3, -0.25) is 9.59 Å². The summed E-state index contributed by atoms with van der Waals surface area (Å²) in [7, 11) is 0.